The predicted octanol–water partition coefficient (Wildman–Crippen LogP) is 1.39. The number of hydrogen-bond acceptors (Lipinski definition) is 2. The molecule has 1 fully saturated rings. The lowest BCUT2D eigenvalue weighted by Gasteiger charge is -2.32. The van der Waals surface area contributed by atoms with E-state index in [1.807, 2.05) is 0 Å². The molecule has 2 atom stereocenters. The standard InChI is InChI=1S/C12H14FNO2/c1-7-3-2-4-8(11(7)13)12(16)14-9-5-6-10(9)15/h2-4,9-10,15H,5-6H2,1H3,(H,14,16)/t9-,10-/m1/s1. The molecular weight excluding hydrogens is 209 g/mol. The Bertz CT molecular complexity index is 419. The fraction of sp³-hybridized carbons (Fsp3) is 0.417. The monoisotopic (exact) mass is 223 g/mol. The van der Waals surface area contributed by atoms with Crippen LogP contribution in [0, 0.1) is 12.7 Å². The Hall–Kier alpha value is -1.42. The van der Waals surface area contributed by atoms with Crippen molar-refractivity contribution < 1.29 is 14.3 Å². The topological polar surface area (TPSA) is 49.3 Å². The molecule has 1 aliphatic carbocycles. The van der Waals surface area contributed by atoms with Crippen LogP contribution in [0.1, 0.15) is 28.8 Å². The van der Waals surface area contributed by atoms with Crippen LogP contribution in [0.15, 0.2) is 18.2 Å². The number of aliphatic hydroxyl groups is 1. The summed E-state index contributed by atoms with van der Waals surface area (Å²) in [6.45, 7) is 1.62. The fourth-order valence-corrected chi connectivity index (χ4v) is 1.72. The number of rotatable bonds is 2. The summed E-state index contributed by atoms with van der Waals surface area (Å²) >= 11 is 0. The van der Waals surface area contributed by atoms with Crippen molar-refractivity contribution in [2.24, 2.45) is 0 Å². The molecule has 1 aromatic carbocycles. The van der Waals surface area contributed by atoms with Crippen LogP contribution in [0.4, 0.5) is 4.39 Å². The van der Waals surface area contributed by atoms with Gasteiger partial charge in [0.25, 0.3) is 5.91 Å². The van der Waals surface area contributed by atoms with E-state index in [1.165, 1.54) is 6.07 Å². The van der Waals surface area contributed by atoms with Crippen LogP contribution in [0.3, 0.4) is 0 Å². The first-order chi connectivity index (χ1) is 7.59. The molecule has 2 rings (SSSR count). The summed E-state index contributed by atoms with van der Waals surface area (Å²) in [6.07, 6.45) is 0.957. The van der Waals surface area contributed by atoms with Crippen molar-refractivity contribution in [1.82, 2.24) is 5.32 Å². The second kappa shape index (κ2) is 4.22. The van der Waals surface area contributed by atoms with E-state index in [2.05, 4.69) is 5.32 Å². The van der Waals surface area contributed by atoms with Crippen LogP contribution < -0.4 is 5.32 Å². The van der Waals surface area contributed by atoms with E-state index < -0.39 is 17.8 Å². The third-order valence-electron chi connectivity index (χ3n) is 2.99. The maximum absolute atomic E-state index is 13.6. The van der Waals surface area contributed by atoms with Crippen LogP contribution in [-0.4, -0.2) is 23.2 Å². The van der Waals surface area contributed by atoms with Gasteiger partial charge in [-0.15, -0.1) is 0 Å². The third-order valence-corrected chi connectivity index (χ3v) is 2.99. The third kappa shape index (κ3) is 1.93. The molecule has 0 aromatic heterocycles. The fourth-order valence-electron chi connectivity index (χ4n) is 1.72. The van der Waals surface area contributed by atoms with E-state index >= 15 is 0 Å². The van der Waals surface area contributed by atoms with Crippen LogP contribution in [0.2, 0.25) is 0 Å². The van der Waals surface area contributed by atoms with Gasteiger partial charge in [-0.3, -0.25) is 4.79 Å². The van der Waals surface area contributed by atoms with Crippen LogP contribution in [0.25, 0.3) is 0 Å². The minimum atomic E-state index is -0.492. The molecule has 16 heavy (non-hydrogen) atoms. The second-order valence-electron chi connectivity index (χ2n) is 4.16. The van der Waals surface area contributed by atoms with Crippen LogP contribution >= 0.6 is 0 Å². The normalized spacial score (nSPS) is 23.7. The van der Waals surface area contributed by atoms with Crippen LogP contribution in [0.5, 0.6) is 0 Å². The van der Waals surface area contributed by atoms with Gasteiger partial charge >= 0.3 is 0 Å². The molecule has 3 nitrogen and oxygen atoms in total. The van der Waals surface area contributed by atoms with Gasteiger partial charge in [0, 0.05) is 0 Å². The highest BCUT2D eigenvalue weighted by molar-refractivity contribution is 5.95. The number of amides is 1. The van der Waals surface area contributed by atoms with Gasteiger partial charge < -0.3 is 10.4 Å². The molecule has 1 saturated carbocycles. The highest BCUT2D eigenvalue weighted by atomic mass is 19.1. The van der Waals surface area contributed by atoms with Gasteiger partial charge in [0.15, 0.2) is 0 Å². The molecule has 86 valence electrons. The number of halogens is 1. The molecular formula is C12H14FNO2. The quantitative estimate of drug-likeness (QED) is 0.796. The van der Waals surface area contributed by atoms with E-state index in [9.17, 15) is 14.3 Å². The Kier molecular flexibility index (Phi) is 2.92. The highest BCUT2D eigenvalue weighted by Crippen LogP contribution is 2.20. The summed E-state index contributed by atoms with van der Waals surface area (Å²) in [5.74, 6) is -0.946. The van der Waals surface area contributed by atoms with E-state index in [-0.39, 0.29) is 11.6 Å². The molecule has 1 aromatic rings. The van der Waals surface area contributed by atoms with Gasteiger partial charge in [0.2, 0.25) is 0 Å². The maximum atomic E-state index is 13.6. The maximum Gasteiger partial charge on any atom is 0.254 e. The van der Waals surface area contributed by atoms with Crippen molar-refractivity contribution in [2.45, 2.75) is 31.9 Å². The Morgan fingerprint density at radius 1 is 1.50 bits per heavy atom. The summed E-state index contributed by atoms with van der Waals surface area (Å²) in [5.41, 5.74) is 0.487. The van der Waals surface area contributed by atoms with E-state index in [0.717, 1.165) is 6.42 Å². The number of aryl methyl sites for hydroxylation is 1. The van der Waals surface area contributed by atoms with Gasteiger partial charge in [-0.05, 0) is 31.4 Å². The van der Waals surface area contributed by atoms with Crippen molar-refractivity contribution in [2.75, 3.05) is 0 Å². The molecule has 2 N–H and O–H groups in total. The first-order valence-corrected chi connectivity index (χ1v) is 5.33. The molecule has 0 bridgehead atoms. The van der Waals surface area contributed by atoms with Crippen LogP contribution in [-0.2, 0) is 0 Å². The molecule has 4 heteroatoms. The van der Waals surface area contributed by atoms with Gasteiger partial charge in [-0.25, -0.2) is 4.39 Å². The summed E-state index contributed by atoms with van der Waals surface area (Å²) in [4.78, 5) is 11.7. The van der Waals surface area contributed by atoms with E-state index in [4.69, 9.17) is 0 Å². The number of carbonyl (C=O) groups is 1. The van der Waals surface area contributed by atoms with Crippen molar-refractivity contribution in [1.29, 1.82) is 0 Å². The van der Waals surface area contributed by atoms with Crippen molar-refractivity contribution >= 4 is 5.91 Å². The number of aliphatic hydroxyl groups excluding tert-OH is 1. The minimum absolute atomic E-state index is 0.0408. The Balaban J connectivity index is 2.11. The number of carbonyl (C=O) groups excluding carboxylic acids is 1. The highest BCUT2D eigenvalue weighted by Gasteiger charge is 2.30. The molecule has 0 heterocycles. The zero-order valence-electron chi connectivity index (χ0n) is 9.03. The average Bonchev–Trinajstić information content (AvgIpc) is 2.27. The lowest BCUT2D eigenvalue weighted by molar-refractivity contribution is 0.0446. The summed E-state index contributed by atoms with van der Waals surface area (Å²) in [5, 5.41) is 11.9. The number of benzene rings is 1. The second-order valence-corrected chi connectivity index (χ2v) is 4.16. The van der Waals surface area contributed by atoms with Crippen molar-refractivity contribution in [3.8, 4) is 0 Å². The summed E-state index contributed by atoms with van der Waals surface area (Å²) < 4.78 is 13.6. The molecule has 1 aliphatic rings. The molecule has 1 amide bonds. The Morgan fingerprint density at radius 3 is 2.81 bits per heavy atom. The lowest BCUT2D eigenvalue weighted by atomic mass is 9.89. The Morgan fingerprint density at radius 2 is 2.25 bits per heavy atom. The molecule has 0 radical (unpaired) electrons. The SMILES string of the molecule is Cc1cccc(C(=O)N[C@@H]2CC[C@H]2O)c1F. The minimum Gasteiger partial charge on any atom is -0.391 e. The summed E-state index contributed by atoms with van der Waals surface area (Å²) in [7, 11) is 0. The van der Waals surface area contributed by atoms with Gasteiger partial charge in [0.05, 0.1) is 17.7 Å². The zero-order chi connectivity index (χ0) is 11.7. The Labute approximate surface area is 93.3 Å². The summed E-state index contributed by atoms with van der Waals surface area (Å²) in [6, 6.07) is 4.48. The molecule has 0 spiro atoms. The van der Waals surface area contributed by atoms with E-state index in [1.54, 1.807) is 19.1 Å². The molecule has 0 saturated heterocycles. The average molecular weight is 223 g/mol. The van der Waals surface area contributed by atoms with Gasteiger partial charge in [-0.1, -0.05) is 12.1 Å². The zero-order valence-corrected chi connectivity index (χ0v) is 9.03. The van der Waals surface area contributed by atoms with E-state index in [0.29, 0.717) is 12.0 Å². The van der Waals surface area contributed by atoms with Gasteiger partial charge in [-0.2, -0.15) is 0 Å². The number of nitrogens with one attached hydrogen (secondary N) is 1. The largest absolute Gasteiger partial charge is 0.391 e. The first kappa shape index (κ1) is 11.1. The lowest BCUT2D eigenvalue weighted by Crippen LogP contribution is -2.50. The predicted molar refractivity (Wildman–Crippen MR) is 57.6 cm³/mol. The van der Waals surface area contributed by atoms with Gasteiger partial charge in [0.1, 0.15) is 5.82 Å². The van der Waals surface area contributed by atoms with Crippen molar-refractivity contribution in [3.05, 3.63) is 35.1 Å². The molecule has 0 unspecified atom stereocenters. The smallest absolute Gasteiger partial charge is 0.254 e. The first-order valence-electron chi connectivity index (χ1n) is 5.33. The number of hydrogen-bond donors (Lipinski definition) is 2. The van der Waals surface area contributed by atoms with Crippen molar-refractivity contribution in [3.63, 3.8) is 0 Å². The molecule has 0 aliphatic heterocycles.